The number of rotatable bonds is 6. The maximum atomic E-state index is 11.8. The summed E-state index contributed by atoms with van der Waals surface area (Å²) in [6.07, 6.45) is 0.264. The maximum absolute atomic E-state index is 11.8. The highest BCUT2D eigenvalue weighted by molar-refractivity contribution is 7.99. The Balaban J connectivity index is 1.81. The molecule has 1 aromatic heterocycles. The highest BCUT2D eigenvalue weighted by Crippen LogP contribution is 2.17. The number of nitrogens with two attached hydrogens (primary N) is 3. The summed E-state index contributed by atoms with van der Waals surface area (Å²) in [6, 6.07) is 7.80. The van der Waals surface area contributed by atoms with Crippen LogP contribution in [0.5, 0.6) is 0 Å². The smallest absolute Gasteiger partial charge is 0.248 e. The first-order valence-corrected chi connectivity index (χ1v) is 7.65. The predicted molar refractivity (Wildman–Crippen MR) is 89.8 cm³/mol. The molecule has 120 valence electrons. The number of nitrogens with zero attached hydrogens (tertiary/aromatic N) is 2. The zero-order valence-corrected chi connectivity index (χ0v) is 13.0. The van der Waals surface area contributed by atoms with Crippen molar-refractivity contribution in [2.75, 3.05) is 22.5 Å². The molecule has 1 heterocycles. The van der Waals surface area contributed by atoms with Crippen molar-refractivity contribution in [3.05, 3.63) is 35.9 Å². The van der Waals surface area contributed by atoms with Gasteiger partial charge in [-0.05, 0) is 24.3 Å². The van der Waals surface area contributed by atoms with E-state index in [1.54, 1.807) is 24.3 Å². The van der Waals surface area contributed by atoms with E-state index in [1.807, 2.05) is 0 Å². The summed E-state index contributed by atoms with van der Waals surface area (Å²) in [6.45, 7) is 0. The van der Waals surface area contributed by atoms with Crippen LogP contribution in [0.15, 0.2) is 35.5 Å². The normalized spacial score (nSPS) is 10.3. The number of benzene rings is 1. The minimum absolute atomic E-state index is 0.166. The predicted octanol–water partition coefficient (Wildman–Crippen LogP) is 0.861. The van der Waals surface area contributed by atoms with Gasteiger partial charge in [-0.25, -0.2) is 9.97 Å². The lowest BCUT2D eigenvalue weighted by molar-refractivity contribution is -0.115. The highest BCUT2D eigenvalue weighted by atomic mass is 32.2. The van der Waals surface area contributed by atoms with Crippen LogP contribution in [0, 0.1) is 0 Å². The fraction of sp³-hybridized carbons (Fsp3) is 0.143. The SMILES string of the molecule is NC(=O)c1ccc(NC(=O)CCSc2nc(N)cc(N)n2)cc1. The van der Waals surface area contributed by atoms with E-state index >= 15 is 0 Å². The van der Waals surface area contributed by atoms with Gasteiger partial charge in [0.2, 0.25) is 11.8 Å². The number of hydrogen-bond donors (Lipinski definition) is 4. The molecule has 7 N–H and O–H groups in total. The molecule has 0 unspecified atom stereocenters. The quantitative estimate of drug-likeness (QED) is 0.452. The third kappa shape index (κ3) is 5.15. The van der Waals surface area contributed by atoms with Crippen molar-refractivity contribution in [2.45, 2.75) is 11.6 Å². The molecule has 0 fully saturated rings. The molecule has 0 radical (unpaired) electrons. The van der Waals surface area contributed by atoms with Crippen LogP contribution in [0.4, 0.5) is 17.3 Å². The van der Waals surface area contributed by atoms with Gasteiger partial charge in [-0.2, -0.15) is 0 Å². The van der Waals surface area contributed by atoms with Crippen molar-refractivity contribution in [1.82, 2.24) is 9.97 Å². The molecule has 0 aliphatic rings. The number of anilines is 3. The van der Waals surface area contributed by atoms with E-state index in [-0.39, 0.29) is 12.3 Å². The molecule has 0 aliphatic carbocycles. The number of primary amides is 1. The monoisotopic (exact) mass is 332 g/mol. The lowest BCUT2D eigenvalue weighted by Gasteiger charge is -2.06. The molecule has 2 rings (SSSR count). The summed E-state index contributed by atoms with van der Waals surface area (Å²) in [5, 5.41) is 3.15. The number of thioether (sulfide) groups is 1. The minimum atomic E-state index is -0.513. The summed E-state index contributed by atoms with van der Waals surface area (Å²) >= 11 is 1.29. The first-order valence-electron chi connectivity index (χ1n) is 6.66. The maximum Gasteiger partial charge on any atom is 0.248 e. The van der Waals surface area contributed by atoms with Gasteiger partial charge in [0.1, 0.15) is 11.6 Å². The van der Waals surface area contributed by atoms with E-state index in [2.05, 4.69) is 15.3 Å². The molecule has 1 aromatic carbocycles. The second-order valence-electron chi connectivity index (χ2n) is 4.59. The average Bonchev–Trinajstić information content (AvgIpc) is 2.46. The first kappa shape index (κ1) is 16.6. The molecule has 0 saturated heterocycles. The molecule has 8 nitrogen and oxygen atoms in total. The van der Waals surface area contributed by atoms with Crippen LogP contribution in [0.2, 0.25) is 0 Å². The van der Waals surface area contributed by atoms with Gasteiger partial charge < -0.3 is 22.5 Å². The number of hydrogen-bond acceptors (Lipinski definition) is 7. The Morgan fingerprint density at radius 1 is 1.09 bits per heavy atom. The van der Waals surface area contributed by atoms with E-state index in [1.165, 1.54) is 17.8 Å². The summed E-state index contributed by atoms with van der Waals surface area (Å²) in [5.74, 6) is 0.383. The van der Waals surface area contributed by atoms with Gasteiger partial charge in [-0.3, -0.25) is 9.59 Å². The van der Waals surface area contributed by atoms with Gasteiger partial charge in [0.15, 0.2) is 5.16 Å². The van der Waals surface area contributed by atoms with Gasteiger partial charge in [0, 0.05) is 29.5 Å². The zero-order valence-electron chi connectivity index (χ0n) is 12.2. The Morgan fingerprint density at radius 2 is 1.70 bits per heavy atom. The van der Waals surface area contributed by atoms with Gasteiger partial charge in [0.05, 0.1) is 0 Å². The minimum Gasteiger partial charge on any atom is -0.383 e. The lowest BCUT2D eigenvalue weighted by Crippen LogP contribution is -2.13. The zero-order chi connectivity index (χ0) is 16.8. The van der Waals surface area contributed by atoms with E-state index < -0.39 is 5.91 Å². The van der Waals surface area contributed by atoms with Crippen LogP contribution in [0.1, 0.15) is 16.8 Å². The number of aromatic nitrogens is 2. The largest absolute Gasteiger partial charge is 0.383 e. The number of carbonyl (C=O) groups is 2. The van der Waals surface area contributed by atoms with Gasteiger partial charge in [-0.15, -0.1) is 0 Å². The van der Waals surface area contributed by atoms with Gasteiger partial charge in [-0.1, -0.05) is 11.8 Å². The Labute approximate surface area is 136 Å². The van der Waals surface area contributed by atoms with Crippen LogP contribution < -0.4 is 22.5 Å². The van der Waals surface area contributed by atoms with Crippen LogP contribution in [-0.4, -0.2) is 27.5 Å². The fourth-order valence-electron chi connectivity index (χ4n) is 1.70. The Kier molecular flexibility index (Phi) is 5.36. The summed E-state index contributed by atoms with van der Waals surface area (Å²) in [5.41, 5.74) is 17.3. The third-order valence-electron chi connectivity index (χ3n) is 2.76. The van der Waals surface area contributed by atoms with Crippen molar-refractivity contribution in [3.63, 3.8) is 0 Å². The number of nitrogens with one attached hydrogen (secondary N) is 1. The second kappa shape index (κ2) is 7.45. The van der Waals surface area contributed by atoms with Crippen molar-refractivity contribution >= 4 is 40.9 Å². The van der Waals surface area contributed by atoms with E-state index in [4.69, 9.17) is 17.2 Å². The fourth-order valence-corrected chi connectivity index (χ4v) is 2.51. The van der Waals surface area contributed by atoms with E-state index in [9.17, 15) is 9.59 Å². The van der Waals surface area contributed by atoms with Crippen LogP contribution in [0.25, 0.3) is 0 Å². The van der Waals surface area contributed by atoms with Crippen LogP contribution >= 0.6 is 11.8 Å². The molecular weight excluding hydrogens is 316 g/mol. The molecule has 0 saturated carbocycles. The molecule has 0 spiro atoms. The van der Waals surface area contributed by atoms with E-state index in [0.717, 1.165) is 0 Å². The molecule has 2 amide bonds. The Morgan fingerprint density at radius 3 is 2.26 bits per heavy atom. The van der Waals surface area contributed by atoms with Crippen molar-refractivity contribution in [2.24, 2.45) is 5.73 Å². The van der Waals surface area contributed by atoms with Crippen molar-refractivity contribution in [3.8, 4) is 0 Å². The number of nitrogen functional groups attached to an aromatic ring is 2. The second-order valence-corrected chi connectivity index (χ2v) is 5.65. The van der Waals surface area contributed by atoms with Gasteiger partial charge in [0.25, 0.3) is 0 Å². The molecule has 9 heteroatoms. The number of amides is 2. The Hall–Kier alpha value is -2.81. The summed E-state index contributed by atoms with van der Waals surface area (Å²) < 4.78 is 0. The van der Waals surface area contributed by atoms with Crippen LogP contribution in [0.3, 0.4) is 0 Å². The average molecular weight is 332 g/mol. The Bertz CT molecular complexity index is 699. The molecule has 0 bridgehead atoms. The first-order chi connectivity index (χ1) is 10.9. The third-order valence-corrected chi connectivity index (χ3v) is 3.61. The lowest BCUT2D eigenvalue weighted by atomic mass is 10.2. The van der Waals surface area contributed by atoms with Crippen LogP contribution in [-0.2, 0) is 4.79 Å². The summed E-state index contributed by atoms with van der Waals surface area (Å²) in [4.78, 5) is 30.8. The van der Waals surface area contributed by atoms with Crippen molar-refractivity contribution < 1.29 is 9.59 Å². The standard InChI is InChI=1S/C14H16N6O2S/c15-10-7-11(16)20-14(19-10)23-6-5-12(21)18-9-3-1-8(2-4-9)13(17)22/h1-4,7H,5-6H2,(H2,17,22)(H,18,21)(H4,15,16,19,20). The molecule has 0 atom stereocenters. The van der Waals surface area contributed by atoms with E-state index in [0.29, 0.717) is 33.8 Å². The van der Waals surface area contributed by atoms with Crippen molar-refractivity contribution in [1.29, 1.82) is 0 Å². The van der Waals surface area contributed by atoms with Gasteiger partial charge >= 0.3 is 0 Å². The molecule has 2 aromatic rings. The summed E-state index contributed by atoms with van der Waals surface area (Å²) in [7, 11) is 0. The number of carbonyl (C=O) groups excluding carboxylic acids is 2. The highest BCUT2D eigenvalue weighted by Gasteiger charge is 2.06. The topological polar surface area (TPSA) is 150 Å². The molecule has 23 heavy (non-hydrogen) atoms. The molecular formula is C14H16N6O2S. The molecule has 0 aliphatic heterocycles.